The number of carbonyl (C=O) groups is 1. The summed E-state index contributed by atoms with van der Waals surface area (Å²) in [7, 11) is 3.99. The summed E-state index contributed by atoms with van der Waals surface area (Å²) in [6.45, 7) is 3.33. The van der Waals surface area contributed by atoms with E-state index in [4.69, 9.17) is 10.5 Å². The summed E-state index contributed by atoms with van der Waals surface area (Å²) in [6, 6.07) is 3.54. The van der Waals surface area contributed by atoms with E-state index in [1.165, 1.54) is 6.20 Å². The first-order chi connectivity index (χ1) is 16.4. The topological polar surface area (TPSA) is 109 Å². The highest BCUT2D eigenvalue weighted by atomic mass is 19.4. The Labute approximate surface area is 202 Å². The Balaban J connectivity index is 1.91. The summed E-state index contributed by atoms with van der Waals surface area (Å²) in [5, 5.41) is 2.69. The van der Waals surface area contributed by atoms with Crippen molar-refractivity contribution < 1.29 is 22.7 Å². The third kappa shape index (κ3) is 6.29. The van der Waals surface area contributed by atoms with Gasteiger partial charge in [0.25, 0.3) is 0 Å². The molecule has 0 fully saturated rings. The highest BCUT2D eigenvalue weighted by Gasteiger charge is 2.41. The standard InChI is InChI=1S/C24H31F3N6O2/c1-15(2)24(28,22(34)32-14-23(25,26)27)17-8-16(10-29-11-17)20-13-31-21-19(20)9-18(12-30-21)35-7-5-6-33(3)4/h8-13,15H,5-7,14,28H2,1-4H3,(H,30,31)(H,32,34)/t24-/m1/s1. The molecule has 0 saturated heterocycles. The van der Waals surface area contributed by atoms with Crippen molar-refractivity contribution in [1.29, 1.82) is 0 Å². The van der Waals surface area contributed by atoms with Crippen molar-refractivity contribution in [1.82, 2.24) is 25.2 Å². The van der Waals surface area contributed by atoms with Gasteiger partial charge in [0, 0.05) is 47.2 Å². The molecule has 3 rings (SSSR count). The van der Waals surface area contributed by atoms with Gasteiger partial charge in [-0.05, 0) is 38.6 Å². The summed E-state index contributed by atoms with van der Waals surface area (Å²) < 4.78 is 43.9. The second-order valence-electron chi connectivity index (χ2n) is 9.06. The number of carbonyl (C=O) groups excluding carboxylic acids is 1. The maximum atomic E-state index is 12.8. The SMILES string of the molecule is CC(C)[C@](N)(C(=O)NCC(F)(F)F)c1cncc(-c2c[nH]c3ncc(OCCCN(C)C)cc23)c1. The molecule has 0 aliphatic carbocycles. The van der Waals surface area contributed by atoms with Crippen LogP contribution in [-0.4, -0.2) is 65.7 Å². The monoisotopic (exact) mass is 492 g/mol. The van der Waals surface area contributed by atoms with Crippen molar-refractivity contribution in [3.63, 3.8) is 0 Å². The summed E-state index contributed by atoms with van der Waals surface area (Å²) >= 11 is 0. The highest BCUT2D eigenvalue weighted by molar-refractivity contribution is 5.95. The Bertz CT molecular complexity index is 1160. The second kappa shape index (κ2) is 10.6. The van der Waals surface area contributed by atoms with E-state index in [0.29, 0.717) is 29.1 Å². The first-order valence-electron chi connectivity index (χ1n) is 11.3. The number of pyridine rings is 2. The second-order valence-corrected chi connectivity index (χ2v) is 9.06. The van der Waals surface area contributed by atoms with Crippen LogP contribution in [0.15, 0.2) is 36.9 Å². The third-order valence-corrected chi connectivity index (χ3v) is 5.79. The van der Waals surface area contributed by atoms with Crippen molar-refractivity contribution in [2.45, 2.75) is 32.0 Å². The number of nitrogens with one attached hydrogen (secondary N) is 2. The van der Waals surface area contributed by atoms with Crippen LogP contribution in [0.3, 0.4) is 0 Å². The Kier molecular flexibility index (Phi) is 8.01. The van der Waals surface area contributed by atoms with E-state index in [1.807, 2.05) is 25.5 Å². The molecule has 0 saturated carbocycles. The van der Waals surface area contributed by atoms with E-state index in [1.54, 1.807) is 38.5 Å². The average Bonchev–Trinajstić information content (AvgIpc) is 3.22. The number of hydrogen-bond donors (Lipinski definition) is 3. The van der Waals surface area contributed by atoms with Crippen LogP contribution < -0.4 is 15.8 Å². The van der Waals surface area contributed by atoms with Crippen LogP contribution in [0, 0.1) is 5.92 Å². The van der Waals surface area contributed by atoms with Gasteiger partial charge in [0.1, 0.15) is 23.5 Å². The Hall–Kier alpha value is -3.18. The molecule has 11 heteroatoms. The van der Waals surface area contributed by atoms with Crippen LogP contribution >= 0.6 is 0 Å². The molecule has 0 bridgehead atoms. The van der Waals surface area contributed by atoms with Gasteiger partial charge in [-0.15, -0.1) is 0 Å². The molecule has 4 N–H and O–H groups in total. The smallest absolute Gasteiger partial charge is 0.405 e. The molecular formula is C24H31F3N6O2. The molecule has 0 radical (unpaired) electrons. The van der Waals surface area contributed by atoms with Crippen molar-refractivity contribution in [3.8, 4) is 16.9 Å². The van der Waals surface area contributed by atoms with E-state index in [-0.39, 0.29) is 0 Å². The minimum atomic E-state index is -4.54. The molecule has 190 valence electrons. The normalized spacial score (nSPS) is 13.9. The summed E-state index contributed by atoms with van der Waals surface area (Å²) in [6.07, 6.45) is 2.72. The van der Waals surface area contributed by atoms with Crippen molar-refractivity contribution in [2.24, 2.45) is 11.7 Å². The van der Waals surface area contributed by atoms with Crippen LogP contribution in [0.4, 0.5) is 13.2 Å². The van der Waals surface area contributed by atoms with Gasteiger partial charge < -0.3 is 25.7 Å². The molecule has 0 spiro atoms. The number of alkyl halides is 3. The zero-order valence-corrected chi connectivity index (χ0v) is 20.2. The van der Waals surface area contributed by atoms with Gasteiger partial charge in [-0.3, -0.25) is 9.78 Å². The molecule has 0 aliphatic rings. The first-order valence-corrected chi connectivity index (χ1v) is 11.3. The molecule has 1 amide bonds. The van der Waals surface area contributed by atoms with E-state index in [2.05, 4.69) is 19.9 Å². The van der Waals surface area contributed by atoms with Gasteiger partial charge in [-0.1, -0.05) is 13.8 Å². The lowest BCUT2D eigenvalue weighted by molar-refractivity contribution is -0.143. The summed E-state index contributed by atoms with van der Waals surface area (Å²) in [4.78, 5) is 26.6. The number of hydrogen-bond acceptors (Lipinski definition) is 6. The van der Waals surface area contributed by atoms with Gasteiger partial charge >= 0.3 is 6.18 Å². The fraction of sp³-hybridized carbons (Fsp3) is 0.458. The van der Waals surface area contributed by atoms with Crippen molar-refractivity contribution in [3.05, 3.63) is 42.5 Å². The maximum absolute atomic E-state index is 12.8. The van der Waals surface area contributed by atoms with Gasteiger partial charge in [-0.25, -0.2) is 4.98 Å². The fourth-order valence-corrected chi connectivity index (χ4v) is 3.74. The number of H-pyrrole nitrogens is 1. The van der Waals surface area contributed by atoms with Crippen LogP contribution in [0.1, 0.15) is 25.8 Å². The zero-order chi connectivity index (χ0) is 25.8. The van der Waals surface area contributed by atoms with Crippen LogP contribution in [0.25, 0.3) is 22.2 Å². The number of amides is 1. The van der Waals surface area contributed by atoms with Crippen LogP contribution in [-0.2, 0) is 10.3 Å². The van der Waals surface area contributed by atoms with E-state index >= 15 is 0 Å². The number of aromatic amines is 1. The van der Waals surface area contributed by atoms with E-state index in [0.717, 1.165) is 23.9 Å². The molecule has 8 nitrogen and oxygen atoms in total. The first kappa shape index (κ1) is 26.4. The van der Waals surface area contributed by atoms with Gasteiger partial charge in [0.05, 0.1) is 12.8 Å². The molecule has 3 aromatic rings. The number of aromatic nitrogens is 3. The molecule has 1 atom stereocenters. The number of fused-ring (bicyclic) bond motifs is 1. The lowest BCUT2D eigenvalue weighted by Gasteiger charge is -2.32. The zero-order valence-electron chi connectivity index (χ0n) is 20.2. The summed E-state index contributed by atoms with van der Waals surface area (Å²) in [5.74, 6) is -0.805. The Morgan fingerprint density at radius 2 is 1.97 bits per heavy atom. The molecular weight excluding hydrogens is 461 g/mol. The minimum Gasteiger partial charge on any atom is -0.492 e. The number of nitrogens with zero attached hydrogens (tertiary/aromatic N) is 3. The van der Waals surface area contributed by atoms with Gasteiger partial charge in [0.15, 0.2) is 0 Å². The van der Waals surface area contributed by atoms with Crippen molar-refractivity contribution >= 4 is 16.9 Å². The average molecular weight is 493 g/mol. The van der Waals surface area contributed by atoms with Crippen LogP contribution in [0.5, 0.6) is 5.75 Å². The number of rotatable bonds is 10. The van der Waals surface area contributed by atoms with Gasteiger partial charge in [0.2, 0.25) is 5.91 Å². The van der Waals surface area contributed by atoms with Crippen molar-refractivity contribution in [2.75, 3.05) is 33.8 Å². The lowest BCUT2D eigenvalue weighted by Crippen LogP contribution is -2.56. The predicted octanol–water partition coefficient (Wildman–Crippen LogP) is 3.44. The number of halogens is 3. The number of nitrogens with two attached hydrogens (primary N) is 1. The molecule has 3 aromatic heterocycles. The Morgan fingerprint density at radius 1 is 1.23 bits per heavy atom. The van der Waals surface area contributed by atoms with E-state index < -0.39 is 30.1 Å². The quantitative estimate of drug-likeness (QED) is 0.374. The molecule has 35 heavy (non-hydrogen) atoms. The fourth-order valence-electron chi connectivity index (χ4n) is 3.74. The molecule has 3 heterocycles. The molecule has 0 unspecified atom stereocenters. The third-order valence-electron chi connectivity index (χ3n) is 5.79. The maximum Gasteiger partial charge on any atom is 0.405 e. The van der Waals surface area contributed by atoms with Crippen LogP contribution in [0.2, 0.25) is 0 Å². The molecule has 0 aromatic carbocycles. The highest BCUT2D eigenvalue weighted by Crippen LogP contribution is 2.34. The number of ether oxygens (including phenoxy) is 1. The minimum absolute atomic E-state index is 0.308. The largest absolute Gasteiger partial charge is 0.492 e. The lowest BCUT2D eigenvalue weighted by atomic mass is 9.80. The molecule has 0 aliphatic heterocycles. The van der Waals surface area contributed by atoms with Gasteiger partial charge in [-0.2, -0.15) is 13.2 Å². The summed E-state index contributed by atoms with van der Waals surface area (Å²) in [5.41, 5.74) is 7.05. The van der Waals surface area contributed by atoms with E-state index in [9.17, 15) is 18.0 Å². The predicted molar refractivity (Wildman–Crippen MR) is 128 cm³/mol. The Morgan fingerprint density at radius 3 is 2.63 bits per heavy atom.